The first-order valence-corrected chi connectivity index (χ1v) is 4.41. The van der Waals surface area contributed by atoms with Gasteiger partial charge in [0, 0.05) is 13.2 Å². The van der Waals surface area contributed by atoms with Crippen molar-refractivity contribution in [1.29, 1.82) is 0 Å². The van der Waals surface area contributed by atoms with Gasteiger partial charge in [-0.1, -0.05) is 13.8 Å². The Hall–Kier alpha value is -0.0800. The van der Waals surface area contributed by atoms with E-state index in [4.69, 9.17) is 4.74 Å². The summed E-state index contributed by atoms with van der Waals surface area (Å²) in [6.07, 6.45) is 4.06. The van der Waals surface area contributed by atoms with Gasteiger partial charge < -0.3 is 9.64 Å². The zero-order valence-corrected chi connectivity index (χ0v) is 7.84. The van der Waals surface area contributed by atoms with Crippen molar-refractivity contribution >= 4 is 0 Å². The molecule has 0 heterocycles. The lowest BCUT2D eigenvalue weighted by Gasteiger charge is -2.25. The standard InChI is InChI=1S/C9H19NO.CH4/c1-10(2)9-6-4-5-8(9)7-11-3;/h8-9H,4-7H2,1-3H3;1H4/t8-,9-;/m0./s1. The van der Waals surface area contributed by atoms with Crippen LogP contribution in [-0.4, -0.2) is 38.8 Å². The molecular formula is C10H23NO. The summed E-state index contributed by atoms with van der Waals surface area (Å²) in [5, 5.41) is 0. The zero-order chi connectivity index (χ0) is 8.27. The van der Waals surface area contributed by atoms with Gasteiger partial charge in [0.15, 0.2) is 0 Å². The van der Waals surface area contributed by atoms with Crippen LogP contribution in [0.3, 0.4) is 0 Å². The van der Waals surface area contributed by atoms with Crippen molar-refractivity contribution in [2.75, 3.05) is 27.8 Å². The maximum Gasteiger partial charge on any atom is 0.0505 e. The second kappa shape index (κ2) is 5.55. The van der Waals surface area contributed by atoms with Crippen molar-refractivity contribution in [2.45, 2.75) is 32.7 Å². The summed E-state index contributed by atoms with van der Waals surface area (Å²) in [7, 11) is 6.13. The van der Waals surface area contributed by atoms with Crippen LogP contribution in [-0.2, 0) is 4.74 Å². The van der Waals surface area contributed by atoms with Gasteiger partial charge in [0.05, 0.1) is 6.61 Å². The third kappa shape index (κ3) is 2.76. The van der Waals surface area contributed by atoms with Crippen molar-refractivity contribution in [2.24, 2.45) is 5.92 Å². The molecule has 0 aromatic carbocycles. The van der Waals surface area contributed by atoms with Crippen LogP contribution in [0.2, 0.25) is 0 Å². The normalized spacial score (nSPS) is 29.0. The molecule has 74 valence electrons. The summed E-state index contributed by atoms with van der Waals surface area (Å²) in [5.41, 5.74) is 0. The van der Waals surface area contributed by atoms with Gasteiger partial charge in [-0.3, -0.25) is 0 Å². The van der Waals surface area contributed by atoms with Gasteiger partial charge in [0.1, 0.15) is 0 Å². The molecule has 0 aliphatic heterocycles. The summed E-state index contributed by atoms with van der Waals surface area (Å²) in [5.74, 6) is 0.773. The van der Waals surface area contributed by atoms with Crippen LogP contribution in [0.15, 0.2) is 0 Å². The summed E-state index contributed by atoms with van der Waals surface area (Å²) < 4.78 is 5.18. The van der Waals surface area contributed by atoms with Crippen molar-refractivity contribution in [3.63, 3.8) is 0 Å². The van der Waals surface area contributed by atoms with Crippen LogP contribution in [0.1, 0.15) is 26.7 Å². The highest BCUT2D eigenvalue weighted by molar-refractivity contribution is 4.82. The highest BCUT2D eigenvalue weighted by Crippen LogP contribution is 2.28. The quantitative estimate of drug-likeness (QED) is 0.647. The number of hydrogen-bond donors (Lipinski definition) is 0. The van der Waals surface area contributed by atoms with E-state index in [1.54, 1.807) is 7.11 Å². The molecule has 1 saturated carbocycles. The Kier molecular flexibility index (Phi) is 5.51. The number of nitrogens with zero attached hydrogens (tertiary/aromatic N) is 1. The van der Waals surface area contributed by atoms with Crippen LogP contribution in [0.5, 0.6) is 0 Å². The fraction of sp³-hybridized carbons (Fsp3) is 1.00. The maximum atomic E-state index is 5.18. The molecule has 0 radical (unpaired) electrons. The molecule has 2 atom stereocenters. The Morgan fingerprint density at radius 3 is 2.50 bits per heavy atom. The molecular weight excluding hydrogens is 150 g/mol. The van der Waals surface area contributed by atoms with Gasteiger partial charge in [-0.15, -0.1) is 0 Å². The molecule has 1 aliphatic rings. The van der Waals surface area contributed by atoms with Crippen LogP contribution in [0.25, 0.3) is 0 Å². The van der Waals surface area contributed by atoms with Crippen molar-refractivity contribution < 1.29 is 4.74 Å². The van der Waals surface area contributed by atoms with E-state index in [2.05, 4.69) is 19.0 Å². The number of ether oxygens (including phenoxy) is 1. The van der Waals surface area contributed by atoms with Crippen LogP contribution in [0.4, 0.5) is 0 Å². The average Bonchev–Trinajstić information content (AvgIpc) is 2.36. The molecule has 2 nitrogen and oxygen atoms in total. The van der Waals surface area contributed by atoms with Crippen LogP contribution < -0.4 is 0 Å². The molecule has 2 heteroatoms. The molecule has 1 aliphatic carbocycles. The second-order valence-corrected chi connectivity index (χ2v) is 3.68. The Morgan fingerprint density at radius 2 is 2.00 bits per heavy atom. The minimum atomic E-state index is 0. The fourth-order valence-electron chi connectivity index (χ4n) is 2.11. The van der Waals surface area contributed by atoms with E-state index in [-0.39, 0.29) is 7.43 Å². The Bertz CT molecular complexity index is 114. The summed E-state index contributed by atoms with van der Waals surface area (Å²) in [6.45, 7) is 0.933. The Morgan fingerprint density at radius 1 is 1.33 bits per heavy atom. The van der Waals surface area contributed by atoms with E-state index in [0.29, 0.717) is 0 Å². The maximum absolute atomic E-state index is 5.18. The van der Waals surface area contributed by atoms with Crippen LogP contribution >= 0.6 is 0 Å². The van der Waals surface area contributed by atoms with Gasteiger partial charge in [0.2, 0.25) is 0 Å². The molecule has 12 heavy (non-hydrogen) atoms. The summed E-state index contributed by atoms with van der Waals surface area (Å²) in [4.78, 5) is 2.33. The van der Waals surface area contributed by atoms with Gasteiger partial charge in [-0.05, 0) is 32.9 Å². The molecule has 0 bridgehead atoms. The van der Waals surface area contributed by atoms with E-state index in [1.807, 2.05) is 0 Å². The molecule has 1 fully saturated rings. The smallest absolute Gasteiger partial charge is 0.0505 e. The SMILES string of the molecule is C.COC[C@@H]1CCC[C@@H]1N(C)C. The van der Waals surface area contributed by atoms with Gasteiger partial charge in [-0.25, -0.2) is 0 Å². The van der Waals surface area contributed by atoms with Gasteiger partial charge in [-0.2, -0.15) is 0 Å². The Balaban J connectivity index is 0.00000121. The second-order valence-electron chi connectivity index (χ2n) is 3.68. The lowest BCUT2D eigenvalue weighted by Crippen LogP contribution is -2.33. The molecule has 1 rings (SSSR count). The topological polar surface area (TPSA) is 12.5 Å². The molecule has 0 amide bonds. The first-order chi connectivity index (χ1) is 5.25. The van der Waals surface area contributed by atoms with E-state index < -0.39 is 0 Å². The minimum Gasteiger partial charge on any atom is -0.384 e. The zero-order valence-electron chi connectivity index (χ0n) is 7.84. The highest BCUT2D eigenvalue weighted by Gasteiger charge is 2.28. The molecule has 0 aromatic heterocycles. The lowest BCUT2D eigenvalue weighted by atomic mass is 10.0. The van der Waals surface area contributed by atoms with E-state index in [0.717, 1.165) is 18.6 Å². The molecule has 0 aromatic rings. The number of methoxy groups -OCH3 is 1. The number of hydrogen-bond acceptors (Lipinski definition) is 2. The van der Waals surface area contributed by atoms with E-state index >= 15 is 0 Å². The summed E-state index contributed by atoms with van der Waals surface area (Å²) in [6, 6.07) is 0.759. The molecule has 0 spiro atoms. The molecule has 0 saturated heterocycles. The molecule has 0 N–H and O–H groups in total. The largest absolute Gasteiger partial charge is 0.384 e. The fourth-order valence-corrected chi connectivity index (χ4v) is 2.11. The van der Waals surface area contributed by atoms with Crippen molar-refractivity contribution in [3.05, 3.63) is 0 Å². The molecule has 0 unspecified atom stereocenters. The third-order valence-electron chi connectivity index (χ3n) is 2.66. The lowest BCUT2D eigenvalue weighted by molar-refractivity contribution is 0.113. The Labute approximate surface area is 76.9 Å². The first-order valence-electron chi connectivity index (χ1n) is 4.41. The van der Waals surface area contributed by atoms with Gasteiger partial charge in [0.25, 0.3) is 0 Å². The van der Waals surface area contributed by atoms with Crippen molar-refractivity contribution in [3.8, 4) is 0 Å². The first kappa shape index (κ1) is 11.9. The van der Waals surface area contributed by atoms with E-state index in [9.17, 15) is 0 Å². The minimum absolute atomic E-state index is 0. The van der Waals surface area contributed by atoms with Gasteiger partial charge >= 0.3 is 0 Å². The average molecular weight is 173 g/mol. The monoisotopic (exact) mass is 173 g/mol. The van der Waals surface area contributed by atoms with Crippen LogP contribution in [0, 0.1) is 5.92 Å². The highest BCUT2D eigenvalue weighted by atomic mass is 16.5. The third-order valence-corrected chi connectivity index (χ3v) is 2.66. The van der Waals surface area contributed by atoms with Crippen molar-refractivity contribution in [1.82, 2.24) is 4.90 Å². The summed E-state index contributed by atoms with van der Waals surface area (Å²) >= 11 is 0. The predicted molar refractivity (Wildman–Crippen MR) is 53.4 cm³/mol. The number of rotatable bonds is 3. The predicted octanol–water partition coefficient (Wildman–Crippen LogP) is 2.00. The van der Waals surface area contributed by atoms with E-state index in [1.165, 1.54) is 19.3 Å².